The minimum Gasteiger partial charge on any atom is -0.377 e. The fourth-order valence-electron chi connectivity index (χ4n) is 2.84. The lowest BCUT2D eigenvalue weighted by Gasteiger charge is -2.28. The molecule has 0 aromatic carbocycles. The SMILES string of the molecule is CCCNC(C)(C#N)CCCCN(C)CC1CCCCO1. The third-order valence-corrected chi connectivity index (χ3v) is 4.27. The molecule has 0 aromatic heterocycles. The zero-order valence-electron chi connectivity index (χ0n) is 14.2. The first-order chi connectivity index (χ1) is 10.1. The number of unbranched alkanes of at least 4 members (excludes halogenated alkanes) is 1. The Morgan fingerprint density at radius 1 is 1.38 bits per heavy atom. The predicted molar refractivity (Wildman–Crippen MR) is 87.3 cm³/mol. The molecule has 0 saturated carbocycles. The maximum Gasteiger partial charge on any atom is 0.103 e. The second-order valence-electron chi connectivity index (χ2n) is 6.58. The minimum atomic E-state index is -0.360. The van der Waals surface area contributed by atoms with Crippen LogP contribution in [0.25, 0.3) is 0 Å². The van der Waals surface area contributed by atoms with Crippen molar-refractivity contribution in [1.82, 2.24) is 10.2 Å². The predicted octanol–water partition coefficient (Wildman–Crippen LogP) is 2.94. The van der Waals surface area contributed by atoms with Crippen LogP contribution in [-0.4, -0.2) is 49.8 Å². The Labute approximate surface area is 130 Å². The zero-order chi connectivity index (χ0) is 15.6. The van der Waals surface area contributed by atoms with Gasteiger partial charge in [0.05, 0.1) is 12.2 Å². The van der Waals surface area contributed by atoms with E-state index < -0.39 is 0 Å². The molecule has 2 unspecified atom stereocenters. The highest BCUT2D eigenvalue weighted by molar-refractivity contribution is 5.03. The van der Waals surface area contributed by atoms with E-state index in [0.29, 0.717) is 6.10 Å². The molecule has 0 amide bonds. The van der Waals surface area contributed by atoms with Gasteiger partial charge in [-0.15, -0.1) is 0 Å². The first kappa shape index (κ1) is 18.4. The molecule has 0 spiro atoms. The van der Waals surface area contributed by atoms with Gasteiger partial charge in [0.15, 0.2) is 0 Å². The molecule has 4 heteroatoms. The van der Waals surface area contributed by atoms with E-state index in [0.717, 1.165) is 51.9 Å². The second kappa shape index (κ2) is 10.2. The molecule has 0 radical (unpaired) electrons. The van der Waals surface area contributed by atoms with Crippen LogP contribution in [0.15, 0.2) is 0 Å². The zero-order valence-corrected chi connectivity index (χ0v) is 14.2. The fourth-order valence-corrected chi connectivity index (χ4v) is 2.84. The van der Waals surface area contributed by atoms with E-state index >= 15 is 0 Å². The number of ether oxygens (including phenoxy) is 1. The Morgan fingerprint density at radius 3 is 2.81 bits per heavy atom. The lowest BCUT2D eigenvalue weighted by Crippen LogP contribution is -2.41. The third kappa shape index (κ3) is 7.80. The van der Waals surface area contributed by atoms with Crippen molar-refractivity contribution in [3.05, 3.63) is 0 Å². The van der Waals surface area contributed by atoms with Crippen molar-refractivity contribution in [3.8, 4) is 6.07 Å². The molecule has 1 aliphatic rings. The number of nitrogens with one attached hydrogen (secondary N) is 1. The summed E-state index contributed by atoms with van der Waals surface area (Å²) in [5.74, 6) is 0. The lowest BCUT2D eigenvalue weighted by molar-refractivity contribution is -0.00164. The Bertz CT molecular complexity index is 310. The summed E-state index contributed by atoms with van der Waals surface area (Å²) < 4.78 is 5.78. The van der Waals surface area contributed by atoms with Crippen LogP contribution >= 0.6 is 0 Å². The van der Waals surface area contributed by atoms with Crippen LogP contribution in [0, 0.1) is 11.3 Å². The average molecular weight is 295 g/mol. The van der Waals surface area contributed by atoms with Crippen LogP contribution < -0.4 is 5.32 Å². The minimum absolute atomic E-state index is 0.360. The van der Waals surface area contributed by atoms with Gasteiger partial charge in [0.1, 0.15) is 5.54 Å². The van der Waals surface area contributed by atoms with Gasteiger partial charge in [-0.2, -0.15) is 5.26 Å². The number of nitrogens with zero attached hydrogens (tertiary/aromatic N) is 2. The van der Waals surface area contributed by atoms with E-state index in [1.54, 1.807) is 0 Å². The summed E-state index contributed by atoms with van der Waals surface area (Å²) in [6, 6.07) is 2.42. The van der Waals surface area contributed by atoms with Crippen LogP contribution in [0.1, 0.15) is 58.8 Å². The van der Waals surface area contributed by atoms with Gasteiger partial charge in [0, 0.05) is 13.2 Å². The molecule has 1 rings (SSSR count). The number of rotatable bonds is 10. The Morgan fingerprint density at radius 2 is 2.19 bits per heavy atom. The standard InChI is InChI=1S/C17H33N3O/c1-4-11-19-17(2,15-18)10-6-7-12-20(3)14-16-9-5-8-13-21-16/h16,19H,4-14H2,1-3H3. The van der Waals surface area contributed by atoms with Crippen molar-refractivity contribution in [2.75, 3.05) is 33.3 Å². The normalized spacial score (nSPS) is 22.0. The summed E-state index contributed by atoms with van der Waals surface area (Å²) in [6.45, 7) is 8.14. The summed E-state index contributed by atoms with van der Waals surface area (Å²) >= 11 is 0. The van der Waals surface area contributed by atoms with E-state index in [1.807, 2.05) is 6.92 Å². The molecule has 1 fully saturated rings. The summed E-state index contributed by atoms with van der Waals surface area (Å²) in [4.78, 5) is 2.37. The van der Waals surface area contributed by atoms with Gasteiger partial charge in [-0.3, -0.25) is 5.32 Å². The van der Waals surface area contributed by atoms with Gasteiger partial charge in [-0.1, -0.05) is 6.92 Å². The number of nitriles is 1. The van der Waals surface area contributed by atoms with Gasteiger partial charge >= 0.3 is 0 Å². The molecular formula is C17H33N3O. The molecule has 0 aliphatic carbocycles. The van der Waals surface area contributed by atoms with Gasteiger partial charge in [-0.25, -0.2) is 0 Å². The smallest absolute Gasteiger partial charge is 0.103 e. The number of hydrogen-bond acceptors (Lipinski definition) is 4. The lowest BCUT2D eigenvalue weighted by atomic mass is 9.96. The van der Waals surface area contributed by atoms with Crippen molar-refractivity contribution in [2.24, 2.45) is 0 Å². The number of hydrogen-bond donors (Lipinski definition) is 1. The van der Waals surface area contributed by atoms with Gasteiger partial charge < -0.3 is 9.64 Å². The maximum atomic E-state index is 9.30. The fraction of sp³-hybridized carbons (Fsp3) is 0.941. The quantitative estimate of drug-likeness (QED) is 0.630. The van der Waals surface area contributed by atoms with Gasteiger partial charge in [0.25, 0.3) is 0 Å². The summed E-state index contributed by atoms with van der Waals surface area (Å²) in [6.07, 6.45) is 8.40. The van der Waals surface area contributed by atoms with Gasteiger partial charge in [0.2, 0.25) is 0 Å². The summed E-state index contributed by atoms with van der Waals surface area (Å²) in [7, 11) is 2.18. The largest absolute Gasteiger partial charge is 0.377 e. The molecule has 0 aromatic rings. The average Bonchev–Trinajstić information content (AvgIpc) is 2.50. The molecule has 122 valence electrons. The van der Waals surface area contributed by atoms with Crippen molar-refractivity contribution in [3.63, 3.8) is 0 Å². The summed E-state index contributed by atoms with van der Waals surface area (Å²) in [5.41, 5.74) is -0.360. The van der Waals surface area contributed by atoms with Crippen LogP contribution in [-0.2, 0) is 4.74 Å². The van der Waals surface area contributed by atoms with Crippen LogP contribution in [0.5, 0.6) is 0 Å². The van der Waals surface area contributed by atoms with Crippen LogP contribution in [0.2, 0.25) is 0 Å². The monoisotopic (exact) mass is 295 g/mol. The highest BCUT2D eigenvalue weighted by Gasteiger charge is 2.22. The maximum absolute atomic E-state index is 9.30. The van der Waals surface area contributed by atoms with E-state index in [4.69, 9.17) is 4.74 Å². The van der Waals surface area contributed by atoms with Crippen LogP contribution in [0.4, 0.5) is 0 Å². The summed E-state index contributed by atoms with van der Waals surface area (Å²) in [5, 5.41) is 12.7. The molecule has 1 heterocycles. The molecule has 2 atom stereocenters. The molecule has 1 aliphatic heterocycles. The first-order valence-corrected chi connectivity index (χ1v) is 8.56. The van der Waals surface area contributed by atoms with E-state index in [2.05, 4.69) is 30.3 Å². The van der Waals surface area contributed by atoms with E-state index in [9.17, 15) is 5.26 Å². The van der Waals surface area contributed by atoms with Crippen molar-refractivity contribution < 1.29 is 4.74 Å². The Kier molecular flexibility index (Phi) is 8.91. The van der Waals surface area contributed by atoms with Crippen molar-refractivity contribution >= 4 is 0 Å². The second-order valence-corrected chi connectivity index (χ2v) is 6.58. The van der Waals surface area contributed by atoms with Gasteiger partial charge in [-0.05, 0) is 72.0 Å². The molecule has 1 saturated heterocycles. The highest BCUT2D eigenvalue weighted by Crippen LogP contribution is 2.15. The van der Waals surface area contributed by atoms with E-state index in [1.165, 1.54) is 19.3 Å². The van der Waals surface area contributed by atoms with E-state index in [-0.39, 0.29) is 5.54 Å². The van der Waals surface area contributed by atoms with Crippen molar-refractivity contribution in [1.29, 1.82) is 5.26 Å². The molecular weight excluding hydrogens is 262 g/mol. The topological polar surface area (TPSA) is 48.3 Å². The first-order valence-electron chi connectivity index (χ1n) is 8.56. The number of likely N-dealkylation sites (N-methyl/N-ethyl adjacent to an activating group) is 1. The van der Waals surface area contributed by atoms with Crippen LogP contribution in [0.3, 0.4) is 0 Å². The highest BCUT2D eigenvalue weighted by atomic mass is 16.5. The molecule has 21 heavy (non-hydrogen) atoms. The van der Waals surface area contributed by atoms with Crippen molar-refractivity contribution in [2.45, 2.75) is 70.4 Å². The molecule has 0 bridgehead atoms. The third-order valence-electron chi connectivity index (χ3n) is 4.27. The molecule has 1 N–H and O–H groups in total. The Balaban J connectivity index is 2.12. The molecule has 4 nitrogen and oxygen atoms in total. The Hall–Kier alpha value is -0.630.